The van der Waals surface area contributed by atoms with Gasteiger partial charge in [-0.2, -0.15) is 0 Å². The summed E-state index contributed by atoms with van der Waals surface area (Å²) in [5.41, 5.74) is -4.27. The SMILES string of the molecule is C[C@]12C=CC(=O)C=C1[C@@H](F)C[C@H]1[C@@H]3C[C@H]4CN(Cc5ccc(Cl)cc5)C[C@]4(C(=O)CO)[C@@]3(C)C[C@H](O)[C@@]12F. The predicted molar refractivity (Wildman–Crippen MR) is 139 cm³/mol. The van der Waals surface area contributed by atoms with E-state index in [0.717, 1.165) is 5.56 Å². The van der Waals surface area contributed by atoms with E-state index in [1.165, 1.54) is 18.2 Å². The lowest BCUT2D eigenvalue weighted by molar-refractivity contribution is -0.212. The molecule has 4 fully saturated rings. The number of fused-ring (bicyclic) bond motifs is 7. The summed E-state index contributed by atoms with van der Waals surface area (Å²) in [6, 6.07) is 7.54. The molecule has 0 radical (unpaired) electrons. The fraction of sp³-hybridized carbons (Fsp3) is 0.600. The molecule has 0 bridgehead atoms. The van der Waals surface area contributed by atoms with Crippen molar-refractivity contribution < 1.29 is 28.6 Å². The fourth-order valence-electron chi connectivity index (χ4n) is 9.49. The fourth-order valence-corrected chi connectivity index (χ4v) is 9.61. The average Bonchev–Trinajstić information content (AvgIpc) is 3.35. The monoisotopic (exact) mass is 545 g/mol. The number of likely N-dealkylation sites (tertiary alicyclic amines) is 1. The minimum Gasteiger partial charge on any atom is -0.390 e. The number of carbonyl (C=O) groups is 2. The number of ketones is 2. The van der Waals surface area contributed by atoms with E-state index in [4.69, 9.17) is 11.6 Å². The van der Waals surface area contributed by atoms with Crippen molar-refractivity contribution in [2.75, 3.05) is 19.7 Å². The Morgan fingerprint density at radius 1 is 1.18 bits per heavy atom. The molecule has 1 aromatic carbocycles. The van der Waals surface area contributed by atoms with Crippen molar-refractivity contribution in [1.29, 1.82) is 0 Å². The number of carbonyl (C=O) groups excluding carboxylic acids is 2. The topological polar surface area (TPSA) is 77.8 Å². The van der Waals surface area contributed by atoms with Gasteiger partial charge in [-0.15, -0.1) is 0 Å². The van der Waals surface area contributed by atoms with Crippen molar-refractivity contribution in [3.05, 3.63) is 58.7 Å². The summed E-state index contributed by atoms with van der Waals surface area (Å²) in [5, 5.41) is 22.4. The summed E-state index contributed by atoms with van der Waals surface area (Å²) in [6.07, 6.45) is 1.35. The number of nitrogens with zero attached hydrogens (tertiary/aromatic N) is 1. The van der Waals surface area contributed by atoms with Gasteiger partial charge in [0.1, 0.15) is 12.8 Å². The second-order valence-corrected chi connectivity index (χ2v) is 13.1. The number of Topliss-reactive ketones (excluding diaryl/α,β-unsaturated/α-hetero) is 1. The molecule has 5 aliphatic rings. The second kappa shape index (κ2) is 8.53. The van der Waals surface area contributed by atoms with Crippen molar-refractivity contribution in [3.63, 3.8) is 0 Å². The molecule has 6 rings (SSSR count). The Morgan fingerprint density at radius 3 is 2.58 bits per heavy atom. The molecule has 8 heteroatoms. The number of hydrogen-bond acceptors (Lipinski definition) is 5. The number of allylic oxidation sites excluding steroid dienone is 4. The van der Waals surface area contributed by atoms with Crippen LogP contribution in [0.15, 0.2) is 48.1 Å². The van der Waals surface area contributed by atoms with Crippen LogP contribution in [-0.4, -0.2) is 64.3 Å². The van der Waals surface area contributed by atoms with Crippen LogP contribution in [-0.2, 0) is 16.1 Å². The van der Waals surface area contributed by atoms with Gasteiger partial charge < -0.3 is 10.2 Å². The predicted octanol–water partition coefficient (Wildman–Crippen LogP) is 4.25. The lowest BCUT2D eigenvalue weighted by Gasteiger charge is -2.63. The van der Waals surface area contributed by atoms with Gasteiger partial charge in [0, 0.05) is 36.0 Å². The van der Waals surface area contributed by atoms with E-state index in [-0.39, 0.29) is 41.8 Å². The van der Waals surface area contributed by atoms with Gasteiger partial charge in [0.15, 0.2) is 17.2 Å². The molecule has 9 atom stereocenters. The Balaban J connectivity index is 1.39. The smallest absolute Gasteiger partial charge is 0.178 e. The van der Waals surface area contributed by atoms with Crippen LogP contribution in [0.4, 0.5) is 8.78 Å². The Morgan fingerprint density at radius 2 is 1.89 bits per heavy atom. The van der Waals surface area contributed by atoms with Gasteiger partial charge >= 0.3 is 0 Å². The molecule has 0 unspecified atom stereocenters. The van der Waals surface area contributed by atoms with Gasteiger partial charge in [0.2, 0.25) is 0 Å². The second-order valence-electron chi connectivity index (χ2n) is 12.6. The van der Waals surface area contributed by atoms with Crippen LogP contribution in [0.3, 0.4) is 0 Å². The van der Waals surface area contributed by atoms with Gasteiger partial charge in [0.05, 0.1) is 11.5 Å². The van der Waals surface area contributed by atoms with Crippen molar-refractivity contribution in [2.45, 2.75) is 57.6 Å². The summed E-state index contributed by atoms with van der Waals surface area (Å²) >= 11 is 6.04. The van der Waals surface area contributed by atoms with E-state index in [9.17, 15) is 19.8 Å². The Labute approximate surface area is 226 Å². The molecule has 0 amide bonds. The number of aliphatic hydroxyl groups excluding tert-OH is 2. The third kappa shape index (κ3) is 3.19. The van der Waals surface area contributed by atoms with Crippen molar-refractivity contribution >= 4 is 23.2 Å². The molecule has 5 nitrogen and oxygen atoms in total. The van der Waals surface area contributed by atoms with Crippen LogP contribution in [0.25, 0.3) is 0 Å². The van der Waals surface area contributed by atoms with Gasteiger partial charge in [-0.3, -0.25) is 14.5 Å². The lowest BCUT2D eigenvalue weighted by Crippen LogP contribution is -2.69. The van der Waals surface area contributed by atoms with Gasteiger partial charge in [-0.1, -0.05) is 36.7 Å². The zero-order valence-electron chi connectivity index (χ0n) is 21.7. The Bertz CT molecular complexity index is 1250. The highest BCUT2D eigenvalue weighted by Crippen LogP contribution is 2.74. The van der Waals surface area contributed by atoms with Crippen LogP contribution < -0.4 is 0 Å². The van der Waals surface area contributed by atoms with E-state index in [1.807, 2.05) is 31.2 Å². The third-order valence-corrected chi connectivity index (χ3v) is 11.4. The molecule has 38 heavy (non-hydrogen) atoms. The summed E-state index contributed by atoms with van der Waals surface area (Å²) in [7, 11) is 0. The largest absolute Gasteiger partial charge is 0.390 e. The molecule has 1 saturated heterocycles. The van der Waals surface area contributed by atoms with Crippen LogP contribution in [0.2, 0.25) is 5.02 Å². The third-order valence-electron chi connectivity index (χ3n) is 11.2. The number of benzene rings is 1. The number of rotatable bonds is 4. The molecule has 4 aliphatic carbocycles. The summed E-state index contributed by atoms with van der Waals surface area (Å²) < 4.78 is 33.1. The lowest BCUT2D eigenvalue weighted by atomic mass is 9.43. The maximum atomic E-state index is 17.4. The first kappa shape index (κ1) is 26.3. The molecular weight excluding hydrogens is 512 g/mol. The van der Waals surface area contributed by atoms with E-state index in [2.05, 4.69) is 4.90 Å². The number of alkyl halides is 2. The molecule has 3 saturated carbocycles. The van der Waals surface area contributed by atoms with Crippen molar-refractivity contribution in [2.24, 2.45) is 34.0 Å². The minimum absolute atomic E-state index is 0.0311. The molecule has 0 aromatic heterocycles. The molecule has 1 aromatic rings. The molecule has 0 spiro atoms. The first-order chi connectivity index (χ1) is 17.9. The number of halogens is 3. The first-order valence-electron chi connectivity index (χ1n) is 13.5. The Hall–Kier alpha value is -1.93. The quantitative estimate of drug-likeness (QED) is 0.591. The zero-order valence-corrected chi connectivity index (χ0v) is 22.4. The summed E-state index contributed by atoms with van der Waals surface area (Å²) in [5.74, 6) is -1.99. The van der Waals surface area contributed by atoms with Gasteiger partial charge in [0.25, 0.3) is 0 Å². The maximum Gasteiger partial charge on any atom is 0.178 e. The highest BCUT2D eigenvalue weighted by atomic mass is 35.5. The van der Waals surface area contributed by atoms with Crippen LogP contribution >= 0.6 is 11.6 Å². The highest BCUT2D eigenvalue weighted by Gasteiger charge is 2.78. The van der Waals surface area contributed by atoms with Crippen LogP contribution in [0.5, 0.6) is 0 Å². The molecular formula is C30H34ClF2NO4. The van der Waals surface area contributed by atoms with E-state index in [1.54, 1.807) is 6.92 Å². The summed E-state index contributed by atoms with van der Waals surface area (Å²) in [6.45, 7) is 4.49. The molecule has 204 valence electrons. The number of hydrogen-bond donors (Lipinski definition) is 2. The summed E-state index contributed by atoms with van der Waals surface area (Å²) in [4.78, 5) is 27.9. The number of aliphatic hydroxyl groups is 2. The minimum atomic E-state index is -2.17. The Kier molecular flexibility index (Phi) is 5.91. The maximum absolute atomic E-state index is 17.4. The van der Waals surface area contributed by atoms with Crippen molar-refractivity contribution in [1.82, 2.24) is 4.90 Å². The standard InChI is InChI=1S/C30H34ClF2NO4/c1-27-8-7-20(36)10-23(27)24(32)11-22-21-9-18-14-34(13-17-3-5-19(31)6-4-17)16-29(18,26(38)15-35)28(21,2)12-25(37)30(22,27)33/h3-8,10,18,21-22,24-25,35,37H,9,11-16H2,1-2H3/t18-,21-,22-,24-,25-,27-,28-,29-,30-/m0/s1. The normalized spacial score (nSPS) is 45.7. The molecule has 1 heterocycles. The van der Waals surface area contributed by atoms with Gasteiger partial charge in [-0.05, 0) is 78.9 Å². The molecule has 2 N–H and O–H groups in total. The van der Waals surface area contributed by atoms with Gasteiger partial charge in [-0.25, -0.2) is 8.78 Å². The zero-order chi connectivity index (χ0) is 27.3. The van der Waals surface area contributed by atoms with E-state index in [0.29, 0.717) is 31.1 Å². The first-order valence-corrected chi connectivity index (χ1v) is 13.9. The molecule has 1 aliphatic heterocycles. The van der Waals surface area contributed by atoms with E-state index < -0.39 is 46.7 Å². The van der Waals surface area contributed by atoms with Crippen molar-refractivity contribution in [3.8, 4) is 0 Å². The van der Waals surface area contributed by atoms with Crippen LogP contribution in [0.1, 0.15) is 38.7 Å². The van der Waals surface area contributed by atoms with Crippen LogP contribution in [0, 0.1) is 34.0 Å². The average molecular weight is 546 g/mol. The highest BCUT2D eigenvalue weighted by molar-refractivity contribution is 6.30. The van der Waals surface area contributed by atoms with E-state index >= 15 is 8.78 Å².